The molecular weight excluding hydrogens is 155 g/mol. The van der Waals surface area contributed by atoms with E-state index in [0.29, 0.717) is 0 Å². The zero-order valence-corrected chi connectivity index (χ0v) is 9.69. The van der Waals surface area contributed by atoms with Crippen molar-refractivity contribution in [3.63, 3.8) is 0 Å². The Labute approximate surface area is 84.2 Å². The van der Waals surface area contributed by atoms with Gasteiger partial charge in [-0.2, -0.15) is 0 Å². The van der Waals surface area contributed by atoms with Crippen LogP contribution in [0.3, 0.4) is 0 Å². The lowest BCUT2D eigenvalue weighted by atomic mass is 9.49. The molecule has 0 radical (unpaired) electrons. The zero-order chi connectivity index (χ0) is 10.4. The van der Waals surface area contributed by atoms with Crippen molar-refractivity contribution in [3.8, 4) is 0 Å². The molecular formula is C12H23B. The van der Waals surface area contributed by atoms with Gasteiger partial charge < -0.3 is 0 Å². The molecule has 0 fully saturated rings. The van der Waals surface area contributed by atoms with Crippen LogP contribution in [0.15, 0.2) is 24.3 Å². The Balaban J connectivity index is 3.64. The molecule has 13 heavy (non-hydrogen) atoms. The quantitative estimate of drug-likeness (QED) is 0.420. The van der Waals surface area contributed by atoms with Gasteiger partial charge in [-0.05, 0) is 19.8 Å². The van der Waals surface area contributed by atoms with Gasteiger partial charge in [-0.15, -0.1) is 0 Å². The Morgan fingerprint density at radius 3 is 2.23 bits per heavy atom. The van der Waals surface area contributed by atoms with Gasteiger partial charge in [0.1, 0.15) is 6.71 Å². The van der Waals surface area contributed by atoms with Gasteiger partial charge in [-0.1, -0.05) is 57.1 Å². The standard InChI is InChI=1S/C12H23B/c1-10(2)12(4)8-7-11(3)9-13(5)6/h11H,1,4,7-9H2,2-3,5-6H3. The Morgan fingerprint density at radius 2 is 1.85 bits per heavy atom. The Hall–Kier alpha value is -0.455. The average molecular weight is 178 g/mol. The first-order valence-corrected chi connectivity index (χ1v) is 5.27. The molecule has 1 unspecified atom stereocenters. The van der Waals surface area contributed by atoms with Crippen LogP contribution in [0.25, 0.3) is 0 Å². The maximum Gasteiger partial charge on any atom is 0.133 e. The van der Waals surface area contributed by atoms with Gasteiger partial charge in [0.15, 0.2) is 0 Å². The maximum absolute atomic E-state index is 4.01. The highest BCUT2D eigenvalue weighted by molar-refractivity contribution is 6.55. The summed E-state index contributed by atoms with van der Waals surface area (Å²) in [4.78, 5) is 0. The molecule has 1 atom stereocenters. The minimum atomic E-state index is 0.813. The first kappa shape index (κ1) is 12.5. The summed E-state index contributed by atoms with van der Waals surface area (Å²) in [6.45, 7) is 17.6. The van der Waals surface area contributed by atoms with Gasteiger partial charge in [0, 0.05) is 0 Å². The highest BCUT2D eigenvalue weighted by Gasteiger charge is 2.07. The van der Waals surface area contributed by atoms with Crippen molar-refractivity contribution in [2.75, 3.05) is 0 Å². The van der Waals surface area contributed by atoms with Gasteiger partial charge >= 0.3 is 0 Å². The molecule has 0 aliphatic heterocycles. The fourth-order valence-corrected chi connectivity index (χ4v) is 1.56. The predicted molar refractivity (Wildman–Crippen MR) is 64.6 cm³/mol. The first-order chi connectivity index (χ1) is 5.93. The van der Waals surface area contributed by atoms with E-state index in [1.807, 2.05) is 6.92 Å². The van der Waals surface area contributed by atoms with Crippen molar-refractivity contribution in [3.05, 3.63) is 24.3 Å². The van der Waals surface area contributed by atoms with Crippen LogP contribution >= 0.6 is 0 Å². The van der Waals surface area contributed by atoms with E-state index < -0.39 is 0 Å². The number of rotatable bonds is 6. The maximum atomic E-state index is 4.01. The summed E-state index contributed by atoms with van der Waals surface area (Å²) in [5, 5.41) is 0. The third kappa shape index (κ3) is 6.68. The third-order valence-corrected chi connectivity index (χ3v) is 2.42. The molecule has 0 bridgehead atoms. The van der Waals surface area contributed by atoms with Crippen molar-refractivity contribution in [1.29, 1.82) is 0 Å². The lowest BCUT2D eigenvalue weighted by Crippen LogP contribution is -2.06. The molecule has 0 aromatic carbocycles. The van der Waals surface area contributed by atoms with Crippen LogP contribution in [0.2, 0.25) is 20.0 Å². The van der Waals surface area contributed by atoms with Crippen LogP contribution in [-0.2, 0) is 0 Å². The number of allylic oxidation sites excluding steroid dienone is 2. The van der Waals surface area contributed by atoms with Crippen LogP contribution in [0.4, 0.5) is 0 Å². The van der Waals surface area contributed by atoms with Crippen LogP contribution in [-0.4, -0.2) is 6.71 Å². The monoisotopic (exact) mass is 178 g/mol. The van der Waals surface area contributed by atoms with E-state index in [1.165, 1.54) is 18.3 Å². The second kappa shape index (κ2) is 6.07. The highest BCUT2D eigenvalue weighted by atomic mass is 14.1. The second-order valence-corrected chi connectivity index (χ2v) is 4.66. The van der Waals surface area contributed by atoms with Crippen LogP contribution in [0.5, 0.6) is 0 Å². The number of hydrogen-bond acceptors (Lipinski definition) is 0. The Morgan fingerprint density at radius 1 is 1.31 bits per heavy atom. The topological polar surface area (TPSA) is 0 Å². The minimum Gasteiger partial charge on any atom is -0.0959 e. The van der Waals surface area contributed by atoms with Crippen LogP contribution in [0, 0.1) is 5.92 Å². The molecule has 1 heteroatoms. The molecule has 0 saturated carbocycles. The van der Waals surface area contributed by atoms with E-state index in [0.717, 1.165) is 24.6 Å². The fourth-order valence-electron chi connectivity index (χ4n) is 1.56. The summed E-state index contributed by atoms with van der Waals surface area (Å²) in [5.74, 6) is 0.816. The van der Waals surface area contributed by atoms with Gasteiger partial charge in [-0.3, -0.25) is 0 Å². The Kier molecular flexibility index (Phi) is 5.86. The summed E-state index contributed by atoms with van der Waals surface area (Å²) in [6, 6.07) is 0. The molecule has 0 aromatic rings. The molecule has 0 spiro atoms. The van der Waals surface area contributed by atoms with Crippen LogP contribution in [0.1, 0.15) is 26.7 Å². The second-order valence-electron chi connectivity index (χ2n) is 4.66. The van der Waals surface area contributed by atoms with E-state index in [-0.39, 0.29) is 0 Å². The summed E-state index contributed by atoms with van der Waals surface area (Å²) < 4.78 is 0. The van der Waals surface area contributed by atoms with E-state index in [2.05, 4.69) is 33.7 Å². The third-order valence-electron chi connectivity index (χ3n) is 2.42. The molecule has 0 amide bonds. The van der Waals surface area contributed by atoms with Crippen molar-refractivity contribution < 1.29 is 0 Å². The van der Waals surface area contributed by atoms with Gasteiger partial charge in [0.2, 0.25) is 0 Å². The van der Waals surface area contributed by atoms with Gasteiger partial charge in [0.05, 0.1) is 0 Å². The van der Waals surface area contributed by atoms with Gasteiger partial charge in [0.25, 0.3) is 0 Å². The summed E-state index contributed by atoms with van der Waals surface area (Å²) in [7, 11) is 0. The highest BCUT2D eigenvalue weighted by Crippen LogP contribution is 2.19. The lowest BCUT2D eigenvalue weighted by molar-refractivity contribution is 0.582. The molecule has 0 aliphatic rings. The first-order valence-electron chi connectivity index (χ1n) is 5.27. The predicted octanol–water partition coefficient (Wildman–Crippen LogP) is 4.29. The molecule has 0 N–H and O–H groups in total. The average Bonchev–Trinajstić information content (AvgIpc) is 1.98. The van der Waals surface area contributed by atoms with Crippen molar-refractivity contribution in [1.82, 2.24) is 0 Å². The normalized spacial score (nSPS) is 12.3. The van der Waals surface area contributed by atoms with E-state index in [9.17, 15) is 0 Å². The van der Waals surface area contributed by atoms with E-state index in [4.69, 9.17) is 0 Å². The largest absolute Gasteiger partial charge is 0.133 e. The molecule has 0 saturated heterocycles. The molecule has 74 valence electrons. The molecule has 0 heterocycles. The van der Waals surface area contributed by atoms with Gasteiger partial charge in [-0.25, -0.2) is 0 Å². The van der Waals surface area contributed by atoms with Crippen molar-refractivity contribution >= 4 is 6.71 Å². The van der Waals surface area contributed by atoms with E-state index in [1.54, 1.807) is 0 Å². The fraction of sp³-hybridized carbons (Fsp3) is 0.667. The summed E-state index contributed by atoms with van der Waals surface area (Å²) in [6.07, 6.45) is 3.69. The molecule has 0 nitrogen and oxygen atoms in total. The minimum absolute atomic E-state index is 0.813. The molecule has 0 aromatic heterocycles. The summed E-state index contributed by atoms with van der Waals surface area (Å²) in [5.41, 5.74) is 2.35. The van der Waals surface area contributed by atoms with Crippen molar-refractivity contribution in [2.45, 2.75) is 46.7 Å². The number of hydrogen-bond donors (Lipinski definition) is 0. The lowest BCUT2D eigenvalue weighted by Gasteiger charge is -2.13. The van der Waals surface area contributed by atoms with Crippen molar-refractivity contribution in [2.24, 2.45) is 5.92 Å². The Bertz CT molecular complexity index is 180. The SMILES string of the molecule is C=C(C)C(=C)CCC(C)CB(C)C. The zero-order valence-electron chi connectivity index (χ0n) is 9.69. The van der Waals surface area contributed by atoms with Crippen LogP contribution < -0.4 is 0 Å². The van der Waals surface area contributed by atoms with E-state index >= 15 is 0 Å². The smallest absolute Gasteiger partial charge is 0.0959 e. The molecule has 0 rings (SSSR count). The summed E-state index contributed by atoms with van der Waals surface area (Å²) >= 11 is 0. The molecule has 0 aliphatic carbocycles.